The van der Waals surface area contributed by atoms with Gasteiger partial charge in [-0.1, -0.05) is 29.0 Å². The number of nitro groups is 1. The summed E-state index contributed by atoms with van der Waals surface area (Å²) >= 11 is 0.762. The normalized spacial score (nSPS) is 11.0. The first-order chi connectivity index (χ1) is 16.4. The Morgan fingerprint density at radius 1 is 1.06 bits per heavy atom. The van der Waals surface area contributed by atoms with Crippen molar-refractivity contribution in [3.8, 4) is 17.1 Å². The number of carbonyl (C=O) groups is 1. The van der Waals surface area contributed by atoms with E-state index in [1.165, 1.54) is 42.6 Å². The summed E-state index contributed by atoms with van der Waals surface area (Å²) in [6.45, 7) is 1.97. The molecule has 1 amide bonds. The van der Waals surface area contributed by atoms with Gasteiger partial charge in [0.15, 0.2) is 11.5 Å². The van der Waals surface area contributed by atoms with Crippen LogP contribution in [0.5, 0.6) is 0 Å². The Morgan fingerprint density at radius 3 is 2.47 bits per heavy atom. The van der Waals surface area contributed by atoms with Gasteiger partial charge in [-0.15, -0.1) is 0 Å². The average molecular weight is 474 g/mol. The van der Waals surface area contributed by atoms with E-state index in [9.17, 15) is 19.3 Å². The summed E-state index contributed by atoms with van der Waals surface area (Å²) in [4.78, 5) is 32.5. The molecule has 5 aromatic rings. The van der Waals surface area contributed by atoms with Crippen LogP contribution < -0.4 is 5.32 Å². The highest BCUT2D eigenvalue weighted by Gasteiger charge is 2.20. The first kappa shape index (κ1) is 21.3. The third-order valence-corrected chi connectivity index (χ3v) is 6.07. The summed E-state index contributed by atoms with van der Waals surface area (Å²) in [5.74, 6) is -0.508. The van der Waals surface area contributed by atoms with Gasteiger partial charge in [-0.25, -0.2) is 19.0 Å². The largest absolute Gasteiger partial charge is 0.324 e. The van der Waals surface area contributed by atoms with Gasteiger partial charge in [0.1, 0.15) is 11.6 Å². The fourth-order valence-electron chi connectivity index (χ4n) is 3.32. The van der Waals surface area contributed by atoms with Crippen LogP contribution in [0.2, 0.25) is 0 Å². The Hall–Kier alpha value is -4.51. The van der Waals surface area contributed by atoms with Crippen molar-refractivity contribution in [2.75, 3.05) is 5.32 Å². The summed E-state index contributed by atoms with van der Waals surface area (Å²) in [7, 11) is 0. The Morgan fingerprint density at radius 2 is 1.79 bits per heavy atom. The van der Waals surface area contributed by atoms with Gasteiger partial charge >= 0.3 is 5.00 Å². The lowest BCUT2D eigenvalue weighted by Crippen LogP contribution is -2.12. The number of carbonyl (C=O) groups excluding carboxylic acids is 1. The Kier molecular flexibility index (Phi) is 5.30. The molecule has 0 saturated carbocycles. The molecule has 0 unspecified atom stereocenters. The molecule has 2 aromatic carbocycles. The lowest BCUT2D eigenvalue weighted by atomic mass is 10.2. The van der Waals surface area contributed by atoms with E-state index in [4.69, 9.17) is 0 Å². The number of aryl methyl sites for hydroxylation is 1. The molecule has 0 aliphatic carbocycles. The molecule has 0 aliphatic rings. The molecular weight excluding hydrogens is 459 g/mol. The van der Waals surface area contributed by atoms with Crippen LogP contribution in [0.4, 0.5) is 15.2 Å². The number of hydrogen-bond acceptors (Lipinski definition) is 7. The van der Waals surface area contributed by atoms with Crippen LogP contribution in [0, 0.1) is 22.9 Å². The third-order valence-electron chi connectivity index (χ3n) is 5.04. The Labute approximate surface area is 195 Å². The van der Waals surface area contributed by atoms with Crippen LogP contribution in [-0.2, 0) is 0 Å². The Bertz CT molecular complexity index is 1540. The van der Waals surface area contributed by atoms with Crippen LogP contribution in [0.15, 0.2) is 66.9 Å². The quantitative estimate of drug-likeness (QED) is 0.278. The molecule has 0 fully saturated rings. The maximum atomic E-state index is 13.5. The maximum Gasteiger partial charge on any atom is 0.324 e. The van der Waals surface area contributed by atoms with Crippen LogP contribution >= 0.6 is 11.3 Å². The first-order valence-corrected chi connectivity index (χ1v) is 10.8. The van der Waals surface area contributed by atoms with Crippen molar-refractivity contribution in [2.45, 2.75) is 6.92 Å². The summed E-state index contributed by atoms with van der Waals surface area (Å²) in [5, 5.41) is 18.5. The molecule has 3 aromatic heterocycles. The van der Waals surface area contributed by atoms with Gasteiger partial charge in [-0.05, 0) is 49.4 Å². The summed E-state index contributed by atoms with van der Waals surface area (Å²) in [6.07, 6.45) is 1.54. The Balaban J connectivity index is 1.63. The van der Waals surface area contributed by atoms with Crippen LogP contribution in [0.1, 0.15) is 15.2 Å². The number of fused-ring (bicyclic) bond motifs is 1. The van der Waals surface area contributed by atoms with E-state index in [2.05, 4.69) is 20.4 Å². The molecule has 1 N–H and O–H groups in total. The lowest BCUT2D eigenvalue weighted by molar-refractivity contribution is -0.380. The monoisotopic (exact) mass is 474 g/mol. The van der Waals surface area contributed by atoms with E-state index in [0.717, 1.165) is 22.6 Å². The second kappa shape index (κ2) is 8.45. The van der Waals surface area contributed by atoms with Crippen LogP contribution in [0.25, 0.3) is 28.1 Å². The van der Waals surface area contributed by atoms with E-state index >= 15 is 0 Å². The number of anilines is 1. The summed E-state index contributed by atoms with van der Waals surface area (Å²) in [5.41, 5.74) is 2.82. The highest BCUT2D eigenvalue weighted by atomic mass is 32.1. The van der Waals surface area contributed by atoms with E-state index in [1.54, 1.807) is 4.68 Å². The number of aromatic nitrogens is 4. The number of benzene rings is 2. The van der Waals surface area contributed by atoms with Gasteiger partial charge in [0.25, 0.3) is 5.91 Å². The molecule has 0 bridgehead atoms. The maximum absolute atomic E-state index is 13.5. The summed E-state index contributed by atoms with van der Waals surface area (Å²) in [6, 6.07) is 16.0. The van der Waals surface area contributed by atoms with Gasteiger partial charge in [0, 0.05) is 11.6 Å². The highest BCUT2D eigenvalue weighted by molar-refractivity contribution is 7.17. The fourth-order valence-corrected chi connectivity index (χ4v) is 4.04. The van der Waals surface area contributed by atoms with E-state index < -0.39 is 16.6 Å². The molecule has 0 saturated heterocycles. The smallest absolute Gasteiger partial charge is 0.305 e. The number of halogens is 1. The molecule has 168 valence electrons. The molecular formula is C23H15FN6O3S. The van der Waals surface area contributed by atoms with Gasteiger partial charge in [-0.3, -0.25) is 14.9 Å². The number of hydrogen-bond donors (Lipinski definition) is 1. The number of nitrogens with one attached hydrogen (secondary N) is 1. The highest BCUT2D eigenvalue weighted by Crippen LogP contribution is 2.29. The van der Waals surface area contributed by atoms with Crippen molar-refractivity contribution in [3.63, 3.8) is 0 Å². The SMILES string of the molecule is Cc1ccc(-n2ncc3c(NC(=O)c4ccc([N+](=O)[O-])s4)nc(-c4ccc(F)cc4)nc32)cc1. The molecule has 9 nitrogen and oxygen atoms in total. The first-order valence-electron chi connectivity index (χ1n) is 10.0. The minimum absolute atomic E-state index is 0.142. The zero-order chi connectivity index (χ0) is 23.8. The predicted molar refractivity (Wildman–Crippen MR) is 126 cm³/mol. The molecule has 0 spiro atoms. The number of rotatable bonds is 5. The van der Waals surface area contributed by atoms with Crippen molar-refractivity contribution in [1.82, 2.24) is 19.7 Å². The number of amides is 1. The van der Waals surface area contributed by atoms with Gasteiger partial charge in [0.05, 0.1) is 27.1 Å². The lowest BCUT2D eigenvalue weighted by Gasteiger charge is -2.09. The second-order valence-corrected chi connectivity index (χ2v) is 8.44. The zero-order valence-electron chi connectivity index (χ0n) is 17.6. The van der Waals surface area contributed by atoms with Gasteiger partial charge in [-0.2, -0.15) is 5.10 Å². The van der Waals surface area contributed by atoms with Crippen LogP contribution in [-0.4, -0.2) is 30.6 Å². The predicted octanol–water partition coefficient (Wildman–Crippen LogP) is 5.15. The number of nitrogens with zero attached hydrogens (tertiary/aromatic N) is 5. The molecule has 34 heavy (non-hydrogen) atoms. The molecule has 11 heteroatoms. The average Bonchev–Trinajstić information content (AvgIpc) is 3.48. The molecule has 0 radical (unpaired) electrons. The topological polar surface area (TPSA) is 116 Å². The van der Waals surface area contributed by atoms with Crippen molar-refractivity contribution >= 4 is 39.1 Å². The van der Waals surface area contributed by atoms with E-state index in [0.29, 0.717) is 16.6 Å². The van der Waals surface area contributed by atoms with E-state index in [-0.39, 0.29) is 21.5 Å². The number of thiophene rings is 1. The third kappa shape index (κ3) is 3.99. The molecule has 0 atom stereocenters. The van der Waals surface area contributed by atoms with Gasteiger partial charge in [0.2, 0.25) is 0 Å². The minimum Gasteiger partial charge on any atom is -0.305 e. The van der Waals surface area contributed by atoms with Crippen molar-refractivity contribution in [1.29, 1.82) is 0 Å². The van der Waals surface area contributed by atoms with Gasteiger partial charge < -0.3 is 5.32 Å². The fraction of sp³-hybridized carbons (Fsp3) is 0.0435. The molecule has 5 rings (SSSR count). The van der Waals surface area contributed by atoms with Crippen molar-refractivity contribution in [3.05, 3.63) is 93.2 Å². The minimum atomic E-state index is -0.553. The second-order valence-electron chi connectivity index (χ2n) is 7.38. The molecule has 0 aliphatic heterocycles. The standard InChI is InChI=1S/C23H15FN6O3S/c1-13-2-8-16(9-3-13)29-22-17(12-25-29)21(26-20(27-22)14-4-6-15(24)7-5-14)28-23(31)18-10-11-19(34-18)30(32)33/h2-12H,1H3,(H,26,27,28,31). The molecule has 3 heterocycles. The summed E-state index contributed by atoms with van der Waals surface area (Å²) < 4.78 is 15.1. The van der Waals surface area contributed by atoms with Crippen molar-refractivity contribution < 1.29 is 14.1 Å². The van der Waals surface area contributed by atoms with E-state index in [1.807, 2.05) is 31.2 Å². The van der Waals surface area contributed by atoms with Crippen LogP contribution in [0.3, 0.4) is 0 Å². The van der Waals surface area contributed by atoms with Crippen molar-refractivity contribution in [2.24, 2.45) is 0 Å². The zero-order valence-corrected chi connectivity index (χ0v) is 18.4.